The van der Waals surface area contributed by atoms with Crippen LogP contribution in [-0.2, 0) is 11.5 Å². The quantitative estimate of drug-likeness (QED) is 0.324. The number of halogens is 3. The summed E-state index contributed by atoms with van der Waals surface area (Å²) in [5.41, 5.74) is 1.56. The number of rotatable bonds is 8. The first kappa shape index (κ1) is 22.2. The fourth-order valence-electron chi connectivity index (χ4n) is 3.15. The number of hydrogen-bond donors (Lipinski definition) is 0. The van der Waals surface area contributed by atoms with Gasteiger partial charge in [0.05, 0.1) is 24.9 Å². The van der Waals surface area contributed by atoms with Crippen LogP contribution in [0.5, 0.6) is 5.88 Å². The second-order valence-electron chi connectivity index (χ2n) is 8.73. The molecular weight excluding hydrogens is 490 g/mol. The van der Waals surface area contributed by atoms with Crippen LogP contribution in [0.1, 0.15) is 18.0 Å². The third kappa shape index (κ3) is 4.60. The lowest BCUT2D eigenvalue weighted by Crippen LogP contribution is -2.22. The fourth-order valence-corrected chi connectivity index (χ4v) is 4.38. The number of alkyl halides is 2. The lowest BCUT2D eigenvalue weighted by atomic mass is 10.1. The molecule has 1 unspecified atom stereocenters. The van der Waals surface area contributed by atoms with Crippen molar-refractivity contribution in [3.63, 3.8) is 0 Å². The van der Waals surface area contributed by atoms with Gasteiger partial charge in [0, 0.05) is 21.1 Å². The third-order valence-electron chi connectivity index (χ3n) is 5.04. The molecule has 0 radical (unpaired) electrons. The molecule has 4 rings (SSSR count). The highest BCUT2D eigenvalue weighted by Crippen LogP contribution is 2.57. The van der Waals surface area contributed by atoms with Gasteiger partial charge in [0.15, 0.2) is 5.82 Å². The van der Waals surface area contributed by atoms with Gasteiger partial charge in [-0.1, -0.05) is 19.6 Å². The third-order valence-corrected chi connectivity index (χ3v) is 7.53. The Labute approximate surface area is 187 Å². The Morgan fingerprint density at radius 3 is 2.65 bits per heavy atom. The fraction of sp³-hybridized carbons (Fsp3) is 0.526. The molecule has 31 heavy (non-hydrogen) atoms. The van der Waals surface area contributed by atoms with Gasteiger partial charge in [0.25, 0.3) is 5.92 Å². The maximum absolute atomic E-state index is 13.8. The van der Waals surface area contributed by atoms with Crippen LogP contribution in [0.25, 0.3) is 22.4 Å². The number of ether oxygens (including phenoxy) is 2. The molecular formula is C19H23BrF2N6O2Si. The van der Waals surface area contributed by atoms with E-state index in [1.807, 2.05) is 0 Å². The summed E-state index contributed by atoms with van der Waals surface area (Å²) in [5.74, 6) is -3.42. The van der Waals surface area contributed by atoms with Crippen molar-refractivity contribution in [1.82, 2.24) is 29.7 Å². The molecule has 1 saturated carbocycles. The highest BCUT2D eigenvalue weighted by Gasteiger charge is 2.59. The van der Waals surface area contributed by atoms with Crippen molar-refractivity contribution < 1.29 is 18.3 Å². The minimum absolute atomic E-state index is 0.158. The van der Waals surface area contributed by atoms with Crippen LogP contribution < -0.4 is 4.74 Å². The van der Waals surface area contributed by atoms with Gasteiger partial charge in [0.2, 0.25) is 5.88 Å². The number of hydrogen-bond acceptors (Lipinski definition) is 7. The van der Waals surface area contributed by atoms with E-state index in [9.17, 15) is 8.78 Å². The van der Waals surface area contributed by atoms with Crippen molar-refractivity contribution in [2.24, 2.45) is 0 Å². The molecule has 0 amide bonds. The van der Waals surface area contributed by atoms with Crippen molar-refractivity contribution in [3.8, 4) is 17.3 Å². The number of methoxy groups -OCH3 is 1. The van der Waals surface area contributed by atoms with E-state index in [4.69, 9.17) is 9.47 Å². The summed E-state index contributed by atoms with van der Waals surface area (Å²) in [4.78, 5) is 17.1. The summed E-state index contributed by atoms with van der Waals surface area (Å²) in [7, 11) is 0.241. The molecule has 3 aromatic heterocycles. The molecule has 0 aliphatic heterocycles. The predicted molar refractivity (Wildman–Crippen MR) is 117 cm³/mol. The van der Waals surface area contributed by atoms with E-state index in [2.05, 4.69) is 60.6 Å². The second-order valence-corrected chi connectivity index (χ2v) is 15.1. The SMILES string of the molecule is COc1ncnc(C2CC2(F)F)c1-c1ncc2nn(COCC[Si](C)(C)C)c(Br)c2n1. The number of aromatic nitrogens is 6. The predicted octanol–water partition coefficient (Wildman–Crippen LogP) is 4.49. The monoisotopic (exact) mass is 512 g/mol. The molecule has 8 nitrogen and oxygen atoms in total. The number of nitrogens with zero attached hydrogens (tertiary/aromatic N) is 6. The zero-order chi connectivity index (χ0) is 22.4. The van der Waals surface area contributed by atoms with E-state index in [1.54, 1.807) is 10.9 Å². The average molecular weight is 513 g/mol. The number of fused-ring (bicyclic) bond motifs is 1. The Balaban J connectivity index is 1.66. The Bertz CT molecular complexity index is 1120. The van der Waals surface area contributed by atoms with Crippen LogP contribution in [0, 0.1) is 0 Å². The summed E-state index contributed by atoms with van der Waals surface area (Å²) in [6, 6.07) is 1.05. The smallest absolute Gasteiger partial charge is 0.257 e. The van der Waals surface area contributed by atoms with E-state index in [-0.39, 0.29) is 36.1 Å². The maximum atomic E-state index is 13.8. The molecule has 12 heteroatoms. The highest BCUT2D eigenvalue weighted by atomic mass is 79.9. The van der Waals surface area contributed by atoms with Gasteiger partial charge in [-0.05, 0) is 22.0 Å². The van der Waals surface area contributed by atoms with E-state index >= 15 is 0 Å². The first-order valence-corrected chi connectivity index (χ1v) is 14.3. The first-order valence-electron chi connectivity index (χ1n) is 9.84. The van der Waals surface area contributed by atoms with Gasteiger partial charge in [-0.3, -0.25) is 0 Å². The van der Waals surface area contributed by atoms with Crippen LogP contribution >= 0.6 is 15.9 Å². The van der Waals surface area contributed by atoms with E-state index in [0.717, 1.165) is 6.04 Å². The molecule has 3 aromatic rings. The van der Waals surface area contributed by atoms with E-state index in [0.29, 0.717) is 22.2 Å². The minimum Gasteiger partial charge on any atom is -0.480 e. The van der Waals surface area contributed by atoms with Crippen LogP contribution in [0.15, 0.2) is 17.1 Å². The van der Waals surface area contributed by atoms with Crippen molar-refractivity contribution in [1.29, 1.82) is 0 Å². The summed E-state index contributed by atoms with van der Waals surface area (Å²) >= 11 is 3.52. The molecule has 0 saturated heterocycles. The Hall–Kier alpha value is -2.05. The molecule has 0 spiro atoms. The zero-order valence-corrected chi connectivity index (χ0v) is 20.3. The van der Waals surface area contributed by atoms with E-state index in [1.165, 1.54) is 13.4 Å². The topological polar surface area (TPSA) is 87.8 Å². The lowest BCUT2D eigenvalue weighted by Gasteiger charge is -2.15. The Kier molecular flexibility index (Phi) is 5.81. The largest absolute Gasteiger partial charge is 0.480 e. The molecule has 1 aliphatic rings. The molecule has 1 aliphatic carbocycles. The zero-order valence-electron chi connectivity index (χ0n) is 17.7. The molecule has 166 valence electrons. The average Bonchev–Trinajstić information content (AvgIpc) is 3.24. The van der Waals surface area contributed by atoms with Crippen molar-refractivity contribution in [3.05, 3.63) is 22.8 Å². The summed E-state index contributed by atoms with van der Waals surface area (Å²) in [5, 5.41) is 4.47. The maximum Gasteiger partial charge on any atom is 0.257 e. The normalized spacial score (nSPS) is 17.8. The van der Waals surface area contributed by atoms with E-state index < -0.39 is 19.9 Å². The molecule has 1 fully saturated rings. The molecule has 0 bridgehead atoms. The Morgan fingerprint density at radius 2 is 2.00 bits per heavy atom. The van der Waals surface area contributed by atoms with Gasteiger partial charge in [-0.2, -0.15) is 5.10 Å². The van der Waals surface area contributed by atoms with Gasteiger partial charge in [-0.15, -0.1) is 0 Å². The standard InChI is InChI=1S/C19H23BrF2N6O2Si/c1-29-18-13(14(24-9-25-18)11-7-19(11,21)22)17-23-8-12-15(26-17)16(20)28(27-12)10-30-5-6-31(2,3)4/h8-9,11H,5-7,10H2,1-4H3. The molecule has 0 N–H and O–H groups in total. The van der Waals surface area contributed by atoms with Crippen molar-refractivity contribution in [2.75, 3.05) is 13.7 Å². The summed E-state index contributed by atoms with van der Waals surface area (Å²) in [6.07, 6.45) is 2.50. The summed E-state index contributed by atoms with van der Waals surface area (Å²) in [6.45, 7) is 7.80. The lowest BCUT2D eigenvalue weighted by molar-refractivity contribution is 0.0775. The van der Waals surface area contributed by atoms with Crippen LogP contribution in [0.4, 0.5) is 8.78 Å². The molecule has 1 atom stereocenters. The van der Waals surface area contributed by atoms with Crippen molar-refractivity contribution in [2.45, 2.75) is 50.7 Å². The van der Waals surface area contributed by atoms with Gasteiger partial charge >= 0.3 is 0 Å². The minimum atomic E-state index is -2.79. The van der Waals surface area contributed by atoms with Gasteiger partial charge in [-0.25, -0.2) is 33.4 Å². The molecule has 3 heterocycles. The van der Waals surface area contributed by atoms with Crippen LogP contribution in [0.3, 0.4) is 0 Å². The highest BCUT2D eigenvalue weighted by molar-refractivity contribution is 9.10. The second kappa shape index (κ2) is 8.13. The van der Waals surface area contributed by atoms with Gasteiger partial charge < -0.3 is 9.47 Å². The first-order chi connectivity index (χ1) is 14.6. The van der Waals surface area contributed by atoms with Crippen LogP contribution in [0.2, 0.25) is 25.7 Å². The van der Waals surface area contributed by atoms with Crippen molar-refractivity contribution >= 4 is 35.0 Å². The summed E-state index contributed by atoms with van der Waals surface area (Å²) < 4.78 is 40.9. The Morgan fingerprint density at radius 1 is 1.26 bits per heavy atom. The van der Waals surface area contributed by atoms with Gasteiger partial charge in [0.1, 0.15) is 34.3 Å². The molecule has 0 aromatic carbocycles. The van der Waals surface area contributed by atoms with Crippen LogP contribution in [-0.4, -0.2) is 57.4 Å².